The summed E-state index contributed by atoms with van der Waals surface area (Å²) >= 11 is 6.79. The van der Waals surface area contributed by atoms with Gasteiger partial charge in [0.2, 0.25) is 0 Å². The van der Waals surface area contributed by atoms with Crippen LogP contribution < -0.4 is 0 Å². The molecule has 5 heteroatoms. The summed E-state index contributed by atoms with van der Waals surface area (Å²) in [4.78, 5) is 0. The number of rotatable bonds is 1. The summed E-state index contributed by atoms with van der Waals surface area (Å²) in [6.45, 7) is 0. The zero-order valence-corrected chi connectivity index (χ0v) is 14.1. The van der Waals surface area contributed by atoms with Gasteiger partial charge in [-0.3, -0.25) is 0 Å². The third-order valence-electron chi connectivity index (χ3n) is 3.59. The van der Waals surface area contributed by atoms with Crippen molar-refractivity contribution in [1.82, 2.24) is 0 Å². The molecule has 3 rings (SSSR count). The standard InChI is InChI=1S/C16H11Br2NO2/c17-11-7-12(18)16(20)10-6-13(9-4-2-1-3-5-9)21-14(8-19)15(10)11/h1-5,7,13-14,20H,6H2. The molecule has 21 heavy (non-hydrogen) atoms. The molecule has 0 spiro atoms. The zero-order chi connectivity index (χ0) is 15.0. The van der Waals surface area contributed by atoms with Gasteiger partial charge >= 0.3 is 0 Å². The minimum absolute atomic E-state index is 0.178. The third kappa shape index (κ3) is 2.59. The highest BCUT2D eigenvalue weighted by Gasteiger charge is 2.33. The number of ether oxygens (including phenoxy) is 1. The van der Waals surface area contributed by atoms with Crippen molar-refractivity contribution in [1.29, 1.82) is 5.26 Å². The number of hydrogen-bond donors (Lipinski definition) is 1. The van der Waals surface area contributed by atoms with Gasteiger partial charge in [0.05, 0.1) is 16.6 Å². The van der Waals surface area contributed by atoms with Crippen LogP contribution in [0.15, 0.2) is 45.3 Å². The summed E-state index contributed by atoms with van der Waals surface area (Å²) in [5.74, 6) is 0.178. The van der Waals surface area contributed by atoms with E-state index in [1.54, 1.807) is 6.07 Å². The van der Waals surface area contributed by atoms with Gasteiger partial charge < -0.3 is 9.84 Å². The molecule has 0 saturated carbocycles. The Bertz CT molecular complexity index is 725. The van der Waals surface area contributed by atoms with Crippen molar-refractivity contribution in [2.24, 2.45) is 0 Å². The van der Waals surface area contributed by atoms with Crippen LogP contribution in [0.1, 0.15) is 28.9 Å². The molecule has 3 nitrogen and oxygen atoms in total. The molecule has 0 fully saturated rings. The molecule has 1 aliphatic heterocycles. The Labute approximate surface area is 139 Å². The molecule has 1 aliphatic rings. The lowest BCUT2D eigenvalue weighted by molar-refractivity contribution is 0.00146. The molecule has 1 N–H and O–H groups in total. The molecule has 0 aliphatic carbocycles. The van der Waals surface area contributed by atoms with Gasteiger partial charge in [-0.1, -0.05) is 46.3 Å². The Morgan fingerprint density at radius 1 is 1.19 bits per heavy atom. The predicted octanol–water partition coefficient (Wildman–Crippen LogP) is 4.80. The highest BCUT2D eigenvalue weighted by atomic mass is 79.9. The van der Waals surface area contributed by atoms with Crippen LogP contribution in [0.2, 0.25) is 0 Å². The van der Waals surface area contributed by atoms with Gasteiger partial charge in [0, 0.05) is 22.0 Å². The van der Waals surface area contributed by atoms with E-state index in [1.165, 1.54) is 0 Å². The van der Waals surface area contributed by atoms with E-state index in [2.05, 4.69) is 37.9 Å². The van der Waals surface area contributed by atoms with Crippen molar-refractivity contribution >= 4 is 31.9 Å². The van der Waals surface area contributed by atoms with Crippen molar-refractivity contribution in [3.63, 3.8) is 0 Å². The van der Waals surface area contributed by atoms with E-state index in [9.17, 15) is 10.4 Å². The van der Waals surface area contributed by atoms with Gasteiger partial charge in [0.15, 0.2) is 6.10 Å². The second-order valence-electron chi connectivity index (χ2n) is 4.83. The number of aromatic hydroxyl groups is 1. The number of hydrogen-bond acceptors (Lipinski definition) is 3. The normalized spacial score (nSPS) is 20.6. The Morgan fingerprint density at radius 3 is 2.57 bits per heavy atom. The number of benzene rings is 2. The molecule has 0 amide bonds. The summed E-state index contributed by atoms with van der Waals surface area (Å²) < 4.78 is 7.28. The van der Waals surface area contributed by atoms with Crippen LogP contribution >= 0.6 is 31.9 Å². The Hall–Kier alpha value is -1.35. The quantitative estimate of drug-likeness (QED) is 0.737. The molecule has 106 valence electrons. The van der Waals surface area contributed by atoms with E-state index < -0.39 is 6.10 Å². The van der Waals surface area contributed by atoms with Crippen molar-refractivity contribution < 1.29 is 9.84 Å². The number of nitrogens with zero attached hydrogens (tertiary/aromatic N) is 1. The highest BCUT2D eigenvalue weighted by Crippen LogP contribution is 2.46. The molecule has 0 aromatic heterocycles. The number of fused-ring (bicyclic) bond motifs is 1. The Kier molecular flexibility index (Phi) is 4.03. The Balaban J connectivity index is 2.11. The topological polar surface area (TPSA) is 53.2 Å². The van der Waals surface area contributed by atoms with E-state index in [0.29, 0.717) is 16.5 Å². The molecule has 0 bridgehead atoms. The first-order valence-electron chi connectivity index (χ1n) is 6.41. The first-order valence-corrected chi connectivity index (χ1v) is 8.00. The minimum Gasteiger partial charge on any atom is -0.506 e. The lowest BCUT2D eigenvalue weighted by Gasteiger charge is -2.30. The van der Waals surface area contributed by atoms with Gasteiger partial charge in [-0.25, -0.2) is 0 Å². The summed E-state index contributed by atoms with van der Waals surface area (Å²) in [6, 6.07) is 13.7. The monoisotopic (exact) mass is 407 g/mol. The molecular weight excluding hydrogens is 398 g/mol. The van der Waals surface area contributed by atoms with Crippen LogP contribution in [0, 0.1) is 11.3 Å². The lowest BCUT2D eigenvalue weighted by Crippen LogP contribution is -2.20. The predicted molar refractivity (Wildman–Crippen MR) is 85.8 cm³/mol. The van der Waals surface area contributed by atoms with Crippen LogP contribution in [0.25, 0.3) is 0 Å². The van der Waals surface area contributed by atoms with Gasteiger partial charge in [-0.15, -0.1) is 0 Å². The van der Waals surface area contributed by atoms with E-state index in [4.69, 9.17) is 4.74 Å². The molecule has 1 heterocycles. The Morgan fingerprint density at radius 2 is 1.90 bits per heavy atom. The van der Waals surface area contributed by atoms with Crippen molar-refractivity contribution in [3.8, 4) is 11.8 Å². The average Bonchev–Trinajstić information content (AvgIpc) is 2.52. The van der Waals surface area contributed by atoms with Crippen LogP contribution in [0.3, 0.4) is 0 Å². The fraction of sp³-hybridized carbons (Fsp3) is 0.188. The average molecular weight is 409 g/mol. The second-order valence-corrected chi connectivity index (χ2v) is 6.54. The summed E-state index contributed by atoms with van der Waals surface area (Å²) in [6.07, 6.45) is -0.413. The molecule has 2 atom stereocenters. The summed E-state index contributed by atoms with van der Waals surface area (Å²) in [5.41, 5.74) is 2.46. The number of phenolic OH excluding ortho intramolecular Hbond substituents is 1. The van der Waals surface area contributed by atoms with E-state index in [-0.39, 0.29) is 11.9 Å². The molecule has 2 aromatic carbocycles. The summed E-state index contributed by atoms with van der Waals surface area (Å²) in [5, 5.41) is 19.7. The van der Waals surface area contributed by atoms with E-state index in [0.717, 1.165) is 15.6 Å². The zero-order valence-electron chi connectivity index (χ0n) is 10.9. The van der Waals surface area contributed by atoms with Crippen LogP contribution in [-0.2, 0) is 11.2 Å². The maximum absolute atomic E-state index is 10.3. The molecule has 2 unspecified atom stereocenters. The fourth-order valence-corrected chi connectivity index (χ4v) is 4.04. The maximum Gasteiger partial charge on any atom is 0.171 e. The van der Waals surface area contributed by atoms with Crippen LogP contribution in [-0.4, -0.2) is 5.11 Å². The summed E-state index contributed by atoms with van der Waals surface area (Å²) in [7, 11) is 0. The molecule has 0 saturated heterocycles. The number of halogens is 2. The highest BCUT2D eigenvalue weighted by molar-refractivity contribution is 9.11. The number of phenols is 1. The molecular formula is C16H11Br2NO2. The minimum atomic E-state index is -0.702. The third-order valence-corrected chi connectivity index (χ3v) is 4.85. The van der Waals surface area contributed by atoms with Crippen LogP contribution in [0.5, 0.6) is 5.75 Å². The first kappa shape index (κ1) is 14.6. The van der Waals surface area contributed by atoms with Gasteiger partial charge in [0.25, 0.3) is 0 Å². The van der Waals surface area contributed by atoms with Crippen molar-refractivity contribution in [2.45, 2.75) is 18.6 Å². The SMILES string of the molecule is N#CC1OC(c2ccccc2)Cc2c(O)c(Br)cc(Br)c21. The van der Waals surface area contributed by atoms with E-state index in [1.807, 2.05) is 30.3 Å². The largest absolute Gasteiger partial charge is 0.506 e. The number of nitriles is 1. The lowest BCUT2D eigenvalue weighted by atomic mass is 9.91. The second kappa shape index (κ2) is 5.80. The first-order chi connectivity index (χ1) is 10.1. The van der Waals surface area contributed by atoms with Gasteiger partial charge in [0.1, 0.15) is 5.75 Å². The van der Waals surface area contributed by atoms with Gasteiger partial charge in [-0.2, -0.15) is 5.26 Å². The molecule has 0 radical (unpaired) electrons. The smallest absolute Gasteiger partial charge is 0.171 e. The van der Waals surface area contributed by atoms with E-state index >= 15 is 0 Å². The van der Waals surface area contributed by atoms with Gasteiger partial charge in [-0.05, 0) is 27.6 Å². The maximum atomic E-state index is 10.3. The molecule has 2 aromatic rings. The van der Waals surface area contributed by atoms with Crippen molar-refractivity contribution in [3.05, 3.63) is 62.0 Å². The van der Waals surface area contributed by atoms with Crippen LogP contribution in [0.4, 0.5) is 0 Å². The fourth-order valence-electron chi connectivity index (χ4n) is 2.59. The van der Waals surface area contributed by atoms with Crippen molar-refractivity contribution in [2.75, 3.05) is 0 Å².